The van der Waals surface area contributed by atoms with Gasteiger partial charge in [-0.2, -0.15) is 0 Å². The maximum atomic E-state index is 10.4. The van der Waals surface area contributed by atoms with Gasteiger partial charge in [-0.05, 0) is 36.8 Å². The molecule has 1 N–H and O–H groups in total. The van der Waals surface area contributed by atoms with Crippen LogP contribution in [0.4, 0.5) is 0 Å². The van der Waals surface area contributed by atoms with Gasteiger partial charge in [0.05, 0.1) is 5.60 Å². The van der Waals surface area contributed by atoms with Crippen molar-refractivity contribution in [3.8, 4) is 0 Å². The highest BCUT2D eigenvalue weighted by Crippen LogP contribution is 2.24. The Morgan fingerprint density at radius 3 is 1.59 bits per heavy atom. The topological polar surface area (TPSA) is 29.5 Å². The summed E-state index contributed by atoms with van der Waals surface area (Å²) >= 11 is 0. The molecule has 0 heterocycles. The van der Waals surface area contributed by atoms with E-state index in [1.54, 1.807) is 19.9 Å². The molecule has 27 heavy (non-hydrogen) atoms. The third kappa shape index (κ3) is 4.76. The Kier molecular flexibility index (Phi) is 5.64. The quantitative estimate of drug-likeness (QED) is 0.517. The Hall–Kier alpha value is -2.62. The third-order valence-electron chi connectivity index (χ3n) is 4.51. The Balaban J connectivity index is 2.13. The molecule has 138 valence electrons. The average molecular weight is 375 g/mol. The summed E-state index contributed by atoms with van der Waals surface area (Å²) in [5.41, 5.74) is -0.0152. The van der Waals surface area contributed by atoms with Gasteiger partial charge in [0, 0.05) is 5.56 Å². The minimum atomic E-state index is -2.53. The summed E-state index contributed by atoms with van der Waals surface area (Å²) in [6.45, 7) is 5.74. The molecule has 3 aromatic carbocycles. The second-order valence-electron chi connectivity index (χ2n) is 7.40. The van der Waals surface area contributed by atoms with Crippen LogP contribution in [0.15, 0.2) is 97.1 Å². The molecular weight excluding hydrogens is 348 g/mol. The highest BCUT2D eigenvalue weighted by Gasteiger charge is 2.37. The van der Waals surface area contributed by atoms with Crippen LogP contribution in [0.2, 0.25) is 6.55 Å². The van der Waals surface area contributed by atoms with Crippen LogP contribution in [0.3, 0.4) is 0 Å². The number of hydrogen-bond donors (Lipinski definition) is 1. The fourth-order valence-corrected chi connectivity index (χ4v) is 5.95. The Bertz CT molecular complexity index is 842. The monoisotopic (exact) mass is 374 g/mol. The lowest BCUT2D eigenvalue weighted by atomic mass is 10.1. The molecule has 0 aromatic heterocycles. The van der Waals surface area contributed by atoms with Gasteiger partial charge in [-0.15, -0.1) is 0 Å². The van der Waals surface area contributed by atoms with E-state index in [1.165, 1.54) is 10.4 Å². The summed E-state index contributed by atoms with van der Waals surface area (Å²) < 4.78 is 6.81. The summed E-state index contributed by atoms with van der Waals surface area (Å²) in [5, 5.41) is 12.8. The highest BCUT2D eigenvalue weighted by molar-refractivity contribution is 6.97. The van der Waals surface area contributed by atoms with E-state index in [1.807, 2.05) is 42.5 Å². The number of rotatable bonds is 6. The summed E-state index contributed by atoms with van der Waals surface area (Å²) in [6.07, 6.45) is 1.81. The fraction of sp³-hybridized carbons (Fsp3) is 0.167. The maximum absolute atomic E-state index is 10.4. The van der Waals surface area contributed by atoms with Gasteiger partial charge in [0.25, 0.3) is 0 Å². The maximum Gasteiger partial charge on any atom is 0.311 e. The molecule has 0 radical (unpaired) electrons. The van der Waals surface area contributed by atoms with Gasteiger partial charge < -0.3 is 9.53 Å². The van der Waals surface area contributed by atoms with E-state index in [9.17, 15) is 5.11 Å². The van der Waals surface area contributed by atoms with E-state index in [0.717, 1.165) is 5.56 Å². The van der Waals surface area contributed by atoms with Gasteiger partial charge in [-0.3, -0.25) is 0 Å². The zero-order valence-corrected chi connectivity index (χ0v) is 17.1. The largest absolute Gasteiger partial charge is 0.535 e. The first kappa shape index (κ1) is 19.1. The Labute approximate surface area is 162 Å². The van der Waals surface area contributed by atoms with Crippen LogP contribution in [0.5, 0.6) is 0 Å². The third-order valence-corrected chi connectivity index (χ3v) is 8.00. The van der Waals surface area contributed by atoms with Crippen molar-refractivity contribution in [3.05, 3.63) is 103 Å². The van der Waals surface area contributed by atoms with E-state index < -0.39 is 13.9 Å². The van der Waals surface area contributed by atoms with Crippen LogP contribution in [0, 0.1) is 0 Å². The van der Waals surface area contributed by atoms with Crippen LogP contribution in [-0.2, 0) is 4.43 Å². The summed E-state index contributed by atoms with van der Waals surface area (Å²) in [6, 6.07) is 30.8. The number of benzene rings is 3. The van der Waals surface area contributed by atoms with Crippen molar-refractivity contribution in [2.75, 3.05) is 0 Å². The highest BCUT2D eigenvalue weighted by atomic mass is 28.4. The van der Waals surface area contributed by atoms with E-state index in [-0.39, 0.29) is 0 Å². The second kappa shape index (κ2) is 7.95. The number of hydrogen-bond acceptors (Lipinski definition) is 2. The predicted molar refractivity (Wildman–Crippen MR) is 116 cm³/mol. The first-order valence-electron chi connectivity index (χ1n) is 9.19. The molecule has 0 fully saturated rings. The summed E-state index contributed by atoms with van der Waals surface area (Å²) in [4.78, 5) is 0. The molecule has 0 atom stereocenters. The van der Waals surface area contributed by atoms with Gasteiger partial charge in [0.1, 0.15) is 5.76 Å². The standard InChI is InChI=1S/C24H26O2Si/c1-24(2,25)19-23(20-13-7-4-8-14-20)26-27(3,21-15-9-5-10-16-21)22-17-11-6-12-18-22/h4-19,25H,1-3H3/b23-19+. The van der Waals surface area contributed by atoms with Crippen molar-refractivity contribution in [3.63, 3.8) is 0 Å². The van der Waals surface area contributed by atoms with Crippen molar-refractivity contribution in [1.29, 1.82) is 0 Å². The molecule has 0 spiro atoms. The molecule has 0 bridgehead atoms. The van der Waals surface area contributed by atoms with Gasteiger partial charge in [0.2, 0.25) is 0 Å². The first-order chi connectivity index (χ1) is 12.9. The normalized spacial score (nSPS) is 12.7. The van der Waals surface area contributed by atoms with Crippen molar-refractivity contribution in [2.45, 2.75) is 26.0 Å². The van der Waals surface area contributed by atoms with E-state index in [4.69, 9.17) is 4.43 Å². The van der Waals surface area contributed by atoms with Gasteiger partial charge in [0.15, 0.2) is 0 Å². The molecule has 3 rings (SSSR count). The molecule has 3 heteroatoms. The van der Waals surface area contributed by atoms with Crippen LogP contribution in [-0.4, -0.2) is 19.0 Å². The first-order valence-corrected chi connectivity index (χ1v) is 11.6. The van der Waals surface area contributed by atoms with Crippen molar-refractivity contribution in [2.24, 2.45) is 0 Å². The van der Waals surface area contributed by atoms with Gasteiger partial charge in [-0.25, -0.2) is 0 Å². The second-order valence-corrected chi connectivity index (χ2v) is 10.8. The van der Waals surface area contributed by atoms with Crippen LogP contribution < -0.4 is 10.4 Å². The van der Waals surface area contributed by atoms with Crippen LogP contribution in [0.25, 0.3) is 5.76 Å². The average Bonchev–Trinajstić information content (AvgIpc) is 2.68. The van der Waals surface area contributed by atoms with Crippen molar-refractivity contribution >= 4 is 24.5 Å². The minimum Gasteiger partial charge on any atom is -0.535 e. The molecule has 0 unspecified atom stereocenters. The fourth-order valence-electron chi connectivity index (χ4n) is 3.11. The molecule has 0 aliphatic heterocycles. The molecule has 0 amide bonds. The zero-order valence-electron chi connectivity index (χ0n) is 16.1. The van der Waals surface area contributed by atoms with E-state index in [2.05, 4.69) is 55.1 Å². The molecular formula is C24H26O2Si. The number of aliphatic hydroxyl groups is 1. The van der Waals surface area contributed by atoms with E-state index in [0.29, 0.717) is 5.76 Å². The smallest absolute Gasteiger partial charge is 0.311 e. The van der Waals surface area contributed by atoms with Crippen molar-refractivity contribution < 1.29 is 9.53 Å². The van der Waals surface area contributed by atoms with Gasteiger partial charge in [-0.1, -0.05) is 91.0 Å². The van der Waals surface area contributed by atoms with Crippen LogP contribution in [0.1, 0.15) is 19.4 Å². The molecule has 2 nitrogen and oxygen atoms in total. The van der Waals surface area contributed by atoms with E-state index >= 15 is 0 Å². The van der Waals surface area contributed by atoms with Crippen LogP contribution >= 0.6 is 0 Å². The van der Waals surface area contributed by atoms with Crippen molar-refractivity contribution in [1.82, 2.24) is 0 Å². The minimum absolute atomic E-state index is 0.713. The zero-order chi connectivity index (χ0) is 19.3. The lowest BCUT2D eigenvalue weighted by molar-refractivity contribution is 0.132. The predicted octanol–water partition coefficient (Wildman–Crippen LogP) is 4.20. The Morgan fingerprint density at radius 2 is 1.19 bits per heavy atom. The molecule has 0 aliphatic rings. The Morgan fingerprint density at radius 1 is 0.778 bits per heavy atom. The lowest BCUT2D eigenvalue weighted by Crippen LogP contribution is -2.58. The molecule has 3 aromatic rings. The molecule has 0 saturated heterocycles. The van der Waals surface area contributed by atoms with Gasteiger partial charge >= 0.3 is 8.32 Å². The molecule has 0 saturated carbocycles. The lowest BCUT2D eigenvalue weighted by Gasteiger charge is -2.31. The SMILES string of the molecule is CC(C)(O)/C=C(/O[Si](C)(c1ccccc1)c1ccccc1)c1ccccc1. The summed E-state index contributed by atoms with van der Waals surface area (Å²) in [5.74, 6) is 0.713. The molecule has 0 aliphatic carbocycles. The summed E-state index contributed by atoms with van der Waals surface area (Å²) in [7, 11) is -2.53.